The quantitative estimate of drug-likeness (QED) is 0.266. The van der Waals surface area contributed by atoms with Gasteiger partial charge in [-0.05, 0) is 72.1 Å². The first kappa shape index (κ1) is 29.0. The molecule has 3 aromatic heterocycles. The zero-order valence-corrected chi connectivity index (χ0v) is 23.8. The maximum Gasteiger partial charge on any atom is 0.354 e. The maximum atomic E-state index is 13.4. The molecule has 0 N–H and O–H groups in total. The molecule has 2 aliphatic heterocycles. The SMILES string of the molecule is O=c1n(-c2ccc(F)cc2)nc2n1C(c1cncc(F)c1)CC2.O=c1n(-c2ccccc2)nc2n1C(c1cc(F)cc(F)c1)CO2. The summed E-state index contributed by atoms with van der Waals surface area (Å²) in [6.07, 6.45) is 3.98. The first-order valence-corrected chi connectivity index (χ1v) is 14.2. The normalized spacial score (nSPS) is 16.3. The van der Waals surface area contributed by atoms with Gasteiger partial charge < -0.3 is 4.74 Å². The lowest BCUT2D eigenvalue weighted by Gasteiger charge is -2.11. The third kappa shape index (κ3) is 5.27. The van der Waals surface area contributed by atoms with Gasteiger partial charge in [0.25, 0.3) is 0 Å². The Balaban J connectivity index is 0.000000147. The summed E-state index contributed by atoms with van der Waals surface area (Å²) in [5, 5.41) is 8.46. The lowest BCUT2D eigenvalue weighted by molar-refractivity contribution is 0.324. The van der Waals surface area contributed by atoms with E-state index in [0.717, 1.165) is 12.3 Å². The molecule has 2 aliphatic rings. The van der Waals surface area contributed by atoms with Gasteiger partial charge in [0.2, 0.25) is 0 Å². The number of hydrogen-bond acceptors (Lipinski definition) is 6. The van der Waals surface area contributed by atoms with E-state index in [1.165, 1.54) is 56.4 Å². The van der Waals surface area contributed by atoms with Crippen LogP contribution in [0.1, 0.15) is 35.5 Å². The molecule has 0 amide bonds. The number of hydrogen-bond donors (Lipinski definition) is 0. The first-order chi connectivity index (χ1) is 22.3. The Morgan fingerprint density at radius 2 is 1.30 bits per heavy atom. The summed E-state index contributed by atoms with van der Waals surface area (Å²) in [4.78, 5) is 29.1. The fraction of sp³-hybridized carbons (Fsp3) is 0.156. The van der Waals surface area contributed by atoms with Gasteiger partial charge >= 0.3 is 17.4 Å². The molecular weight excluding hydrogens is 606 g/mol. The van der Waals surface area contributed by atoms with E-state index in [1.807, 2.05) is 6.07 Å². The summed E-state index contributed by atoms with van der Waals surface area (Å²) in [7, 11) is 0. The second-order valence-electron chi connectivity index (χ2n) is 10.7. The Morgan fingerprint density at radius 3 is 2.02 bits per heavy atom. The van der Waals surface area contributed by atoms with Crippen LogP contribution in [0.3, 0.4) is 0 Å². The molecule has 3 aromatic carbocycles. The zero-order chi connectivity index (χ0) is 31.9. The number of fused-ring (bicyclic) bond motifs is 2. The summed E-state index contributed by atoms with van der Waals surface area (Å²) < 4.78 is 64.0. The van der Waals surface area contributed by atoms with Crippen molar-refractivity contribution in [1.82, 2.24) is 33.7 Å². The second-order valence-corrected chi connectivity index (χ2v) is 10.7. The molecular formula is C32H23F4N7O3. The van der Waals surface area contributed by atoms with Gasteiger partial charge in [0.05, 0.1) is 23.6 Å². The van der Waals surface area contributed by atoms with Gasteiger partial charge in [0.1, 0.15) is 41.7 Å². The molecule has 0 bridgehead atoms. The van der Waals surface area contributed by atoms with Gasteiger partial charge in [0, 0.05) is 18.7 Å². The molecule has 2 atom stereocenters. The van der Waals surface area contributed by atoms with Crippen LogP contribution in [0.5, 0.6) is 6.01 Å². The number of aryl methyl sites for hydroxylation is 1. The van der Waals surface area contributed by atoms with Crippen molar-refractivity contribution in [2.75, 3.05) is 6.61 Å². The highest BCUT2D eigenvalue weighted by Gasteiger charge is 2.32. The Hall–Kier alpha value is -5.79. The van der Waals surface area contributed by atoms with Gasteiger partial charge in [-0.3, -0.25) is 9.55 Å². The Labute approximate surface area is 257 Å². The van der Waals surface area contributed by atoms with Crippen LogP contribution in [-0.2, 0) is 6.42 Å². The average Bonchev–Trinajstić information content (AvgIpc) is 3.81. The zero-order valence-electron chi connectivity index (χ0n) is 23.8. The molecule has 10 nitrogen and oxygen atoms in total. The standard InChI is InChI=1S/C16H12F2N4O.C16H11F2N3O2/c17-11-1-3-13(4-2-11)22-16(23)21-14(5-6-15(21)20-22)10-7-12(18)9-19-8-10;17-11-6-10(7-12(18)8-11)14-9-23-15-19-21(16(22)20(14)15)13-4-2-1-3-5-13/h1-4,7-9,14H,5-6H2;1-8,14H,9H2. The van der Waals surface area contributed by atoms with Crippen LogP contribution in [0.4, 0.5) is 17.6 Å². The highest BCUT2D eigenvalue weighted by Crippen LogP contribution is 2.30. The topological polar surface area (TPSA) is 102 Å². The number of ether oxygens (including phenoxy) is 1. The number of aromatic nitrogens is 7. The van der Waals surface area contributed by atoms with Crippen molar-refractivity contribution < 1.29 is 22.3 Å². The van der Waals surface area contributed by atoms with Crippen molar-refractivity contribution in [3.05, 3.63) is 152 Å². The van der Waals surface area contributed by atoms with Gasteiger partial charge in [-0.25, -0.2) is 31.7 Å². The third-order valence-corrected chi connectivity index (χ3v) is 7.75. The lowest BCUT2D eigenvalue weighted by Crippen LogP contribution is -2.27. The van der Waals surface area contributed by atoms with Crippen molar-refractivity contribution >= 4 is 0 Å². The van der Waals surface area contributed by atoms with Gasteiger partial charge in [-0.2, -0.15) is 9.36 Å². The Kier molecular flexibility index (Phi) is 7.31. The molecule has 5 heterocycles. The van der Waals surface area contributed by atoms with Crippen LogP contribution >= 0.6 is 0 Å². The van der Waals surface area contributed by atoms with E-state index in [2.05, 4.69) is 15.2 Å². The number of rotatable bonds is 4. The average molecular weight is 630 g/mol. The number of benzene rings is 3. The Bertz CT molecular complexity index is 2150. The summed E-state index contributed by atoms with van der Waals surface area (Å²) in [5.74, 6) is -1.57. The monoisotopic (exact) mass is 629 g/mol. The van der Waals surface area contributed by atoms with Gasteiger partial charge in [-0.15, -0.1) is 10.2 Å². The van der Waals surface area contributed by atoms with Gasteiger partial charge in [0.15, 0.2) is 0 Å². The molecule has 0 spiro atoms. The lowest BCUT2D eigenvalue weighted by atomic mass is 10.1. The fourth-order valence-electron chi connectivity index (χ4n) is 5.68. The van der Waals surface area contributed by atoms with E-state index in [9.17, 15) is 27.2 Å². The van der Waals surface area contributed by atoms with Crippen LogP contribution in [0.15, 0.2) is 101 Å². The minimum absolute atomic E-state index is 0.107. The van der Waals surface area contributed by atoms with Crippen LogP contribution in [0.25, 0.3) is 11.4 Å². The molecule has 232 valence electrons. The predicted molar refractivity (Wildman–Crippen MR) is 156 cm³/mol. The van der Waals surface area contributed by atoms with Crippen LogP contribution in [0, 0.1) is 23.3 Å². The van der Waals surface area contributed by atoms with Crippen molar-refractivity contribution in [1.29, 1.82) is 0 Å². The van der Waals surface area contributed by atoms with E-state index >= 15 is 0 Å². The molecule has 46 heavy (non-hydrogen) atoms. The van der Waals surface area contributed by atoms with E-state index in [-0.39, 0.29) is 30.2 Å². The van der Waals surface area contributed by atoms with E-state index in [4.69, 9.17) is 4.74 Å². The molecule has 0 radical (unpaired) electrons. The van der Waals surface area contributed by atoms with Crippen molar-refractivity contribution in [2.45, 2.75) is 24.9 Å². The minimum atomic E-state index is -0.697. The van der Waals surface area contributed by atoms with E-state index in [0.29, 0.717) is 41.2 Å². The summed E-state index contributed by atoms with van der Waals surface area (Å²) in [5.41, 5.74) is 1.32. The molecule has 8 rings (SSSR count). The Morgan fingerprint density at radius 1 is 0.652 bits per heavy atom. The van der Waals surface area contributed by atoms with Crippen LogP contribution < -0.4 is 16.1 Å². The molecule has 0 saturated carbocycles. The van der Waals surface area contributed by atoms with Crippen molar-refractivity contribution in [3.63, 3.8) is 0 Å². The third-order valence-electron chi connectivity index (χ3n) is 7.75. The largest absolute Gasteiger partial charge is 0.461 e. The number of halogens is 4. The highest BCUT2D eigenvalue weighted by molar-refractivity contribution is 5.33. The minimum Gasteiger partial charge on any atom is -0.461 e. The van der Waals surface area contributed by atoms with Crippen LogP contribution in [-0.4, -0.2) is 40.3 Å². The van der Waals surface area contributed by atoms with Crippen molar-refractivity contribution in [2.24, 2.45) is 0 Å². The predicted octanol–water partition coefficient (Wildman–Crippen LogP) is 4.54. The first-order valence-electron chi connectivity index (χ1n) is 14.2. The summed E-state index contributed by atoms with van der Waals surface area (Å²) in [6.45, 7) is 0.107. The number of nitrogens with zero attached hydrogens (tertiary/aromatic N) is 7. The highest BCUT2D eigenvalue weighted by atomic mass is 19.1. The second kappa shape index (κ2) is 11.6. The molecule has 14 heteroatoms. The smallest absolute Gasteiger partial charge is 0.354 e. The summed E-state index contributed by atoms with van der Waals surface area (Å²) >= 11 is 0. The fourth-order valence-corrected chi connectivity index (χ4v) is 5.68. The van der Waals surface area contributed by atoms with E-state index < -0.39 is 29.2 Å². The molecule has 0 fully saturated rings. The number of para-hydroxylation sites is 1. The molecule has 0 aliphatic carbocycles. The number of pyridine rings is 1. The summed E-state index contributed by atoms with van der Waals surface area (Å²) in [6, 6.07) is 18.2. The van der Waals surface area contributed by atoms with Crippen molar-refractivity contribution in [3.8, 4) is 17.4 Å². The van der Waals surface area contributed by atoms with Crippen LogP contribution in [0.2, 0.25) is 0 Å². The molecule has 6 aromatic rings. The van der Waals surface area contributed by atoms with E-state index in [1.54, 1.807) is 35.0 Å². The maximum absolute atomic E-state index is 13.4. The molecule has 0 saturated heterocycles. The molecule has 2 unspecified atom stereocenters. The van der Waals surface area contributed by atoms with Gasteiger partial charge in [-0.1, -0.05) is 18.2 Å².